The number of benzene rings is 1. The summed E-state index contributed by atoms with van der Waals surface area (Å²) in [4.78, 5) is 11.5. The van der Waals surface area contributed by atoms with Crippen LogP contribution in [0.15, 0.2) is 24.3 Å². The molecule has 1 nitrogen and oxygen atoms in total. The highest BCUT2D eigenvalue weighted by atomic mass is 32.2. The van der Waals surface area contributed by atoms with Gasteiger partial charge in [-0.2, -0.15) is 24.9 Å². The number of Topliss-reactive ketones (excluding diaryl/α,β-unsaturated/α-hetero) is 1. The first-order chi connectivity index (χ1) is 7.45. The minimum absolute atomic E-state index is 0.122. The summed E-state index contributed by atoms with van der Waals surface area (Å²) >= 11 is 1.53. The van der Waals surface area contributed by atoms with Crippen molar-refractivity contribution in [3.05, 3.63) is 35.4 Å². The SMILES string of the molecule is CSCCC(=O)c1ccc(C(F)(F)F)cc1. The zero-order valence-corrected chi connectivity index (χ0v) is 9.49. The zero-order chi connectivity index (χ0) is 12.2. The average molecular weight is 248 g/mol. The normalized spacial score (nSPS) is 11.5. The average Bonchev–Trinajstić information content (AvgIpc) is 2.25. The number of halogens is 3. The van der Waals surface area contributed by atoms with Crippen molar-refractivity contribution in [1.82, 2.24) is 0 Å². The van der Waals surface area contributed by atoms with Gasteiger partial charge in [0.05, 0.1) is 5.56 Å². The van der Waals surface area contributed by atoms with E-state index in [-0.39, 0.29) is 5.78 Å². The van der Waals surface area contributed by atoms with Gasteiger partial charge in [0, 0.05) is 17.7 Å². The maximum atomic E-state index is 12.2. The van der Waals surface area contributed by atoms with Gasteiger partial charge in [-0.05, 0) is 18.4 Å². The third-order valence-electron chi connectivity index (χ3n) is 2.07. The van der Waals surface area contributed by atoms with Gasteiger partial charge in [-0.25, -0.2) is 0 Å². The summed E-state index contributed by atoms with van der Waals surface area (Å²) in [6, 6.07) is 4.33. The number of carbonyl (C=O) groups is 1. The van der Waals surface area contributed by atoms with E-state index in [1.54, 1.807) is 0 Å². The van der Waals surface area contributed by atoms with Crippen molar-refractivity contribution in [2.75, 3.05) is 12.0 Å². The fraction of sp³-hybridized carbons (Fsp3) is 0.364. The standard InChI is InChI=1S/C11H11F3OS/c1-16-7-6-10(15)8-2-4-9(5-3-8)11(12,13)14/h2-5H,6-7H2,1H3. The Bertz CT molecular complexity index is 356. The van der Waals surface area contributed by atoms with Crippen LogP contribution in [0.2, 0.25) is 0 Å². The summed E-state index contributed by atoms with van der Waals surface area (Å²) in [7, 11) is 0. The Labute approximate surface area is 96.0 Å². The number of carbonyl (C=O) groups excluding carboxylic acids is 1. The molecule has 0 fully saturated rings. The predicted molar refractivity (Wildman–Crippen MR) is 58.8 cm³/mol. The quantitative estimate of drug-likeness (QED) is 0.757. The molecule has 0 unspecified atom stereocenters. The van der Waals surface area contributed by atoms with Gasteiger partial charge in [-0.15, -0.1) is 0 Å². The highest BCUT2D eigenvalue weighted by molar-refractivity contribution is 7.98. The van der Waals surface area contributed by atoms with Gasteiger partial charge < -0.3 is 0 Å². The molecule has 0 N–H and O–H groups in total. The molecule has 0 saturated heterocycles. The Morgan fingerprint density at radius 3 is 2.25 bits per heavy atom. The van der Waals surface area contributed by atoms with Crippen molar-refractivity contribution in [3.8, 4) is 0 Å². The van der Waals surface area contributed by atoms with Gasteiger partial charge in [-0.3, -0.25) is 4.79 Å². The lowest BCUT2D eigenvalue weighted by Gasteiger charge is -2.06. The molecule has 0 saturated carbocycles. The first kappa shape index (κ1) is 13.1. The summed E-state index contributed by atoms with van der Waals surface area (Å²) in [5.74, 6) is 0.558. The first-order valence-corrected chi connectivity index (χ1v) is 6.04. The van der Waals surface area contributed by atoms with Crippen LogP contribution in [0.5, 0.6) is 0 Å². The lowest BCUT2D eigenvalue weighted by atomic mass is 10.1. The lowest BCUT2D eigenvalue weighted by Crippen LogP contribution is -2.06. The van der Waals surface area contributed by atoms with E-state index in [4.69, 9.17) is 0 Å². The Morgan fingerprint density at radius 1 is 1.25 bits per heavy atom. The van der Waals surface area contributed by atoms with Crippen molar-refractivity contribution in [2.24, 2.45) is 0 Å². The van der Waals surface area contributed by atoms with Crippen LogP contribution in [0.4, 0.5) is 13.2 Å². The van der Waals surface area contributed by atoms with Crippen molar-refractivity contribution in [1.29, 1.82) is 0 Å². The number of hydrogen-bond acceptors (Lipinski definition) is 2. The smallest absolute Gasteiger partial charge is 0.294 e. The molecule has 16 heavy (non-hydrogen) atoms. The molecule has 0 spiro atoms. The molecule has 0 aliphatic heterocycles. The van der Waals surface area contributed by atoms with E-state index in [0.29, 0.717) is 17.7 Å². The molecule has 0 bridgehead atoms. The van der Waals surface area contributed by atoms with Gasteiger partial charge in [-0.1, -0.05) is 12.1 Å². The van der Waals surface area contributed by atoms with Crippen LogP contribution in [0.1, 0.15) is 22.3 Å². The van der Waals surface area contributed by atoms with Gasteiger partial charge in [0.1, 0.15) is 0 Å². The molecule has 0 heterocycles. The molecule has 0 atom stereocenters. The van der Waals surface area contributed by atoms with Crippen molar-refractivity contribution < 1.29 is 18.0 Å². The second-order valence-electron chi connectivity index (χ2n) is 3.24. The van der Waals surface area contributed by atoms with Crippen LogP contribution >= 0.6 is 11.8 Å². The number of rotatable bonds is 4. The van der Waals surface area contributed by atoms with Crippen LogP contribution in [-0.2, 0) is 6.18 Å². The van der Waals surface area contributed by atoms with Gasteiger partial charge in [0.2, 0.25) is 0 Å². The molecular weight excluding hydrogens is 237 g/mol. The molecule has 5 heteroatoms. The highest BCUT2D eigenvalue weighted by Crippen LogP contribution is 2.29. The Kier molecular flexibility index (Phi) is 4.41. The molecule has 1 rings (SSSR count). The van der Waals surface area contributed by atoms with E-state index in [1.165, 1.54) is 23.9 Å². The van der Waals surface area contributed by atoms with E-state index < -0.39 is 11.7 Å². The zero-order valence-electron chi connectivity index (χ0n) is 8.67. The summed E-state index contributed by atoms with van der Waals surface area (Å²) < 4.78 is 36.7. The molecule has 0 radical (unpaired) electrons. The third kappa shape index (κ3) is 3.56. The van der Waals surface area contributed by atoms with Crippen molar-refractivity contribution in [2.45, 2.75) is 12.6 Å². The Balaban J connectivity index is 2.75. The molecule has 0 aliphatic carbocycles. The van der Waals surface area contributed by atoms with E-state index >= 15 is 0 Å². The fourth-order valence-electron chi connectivity index (χ4n) is 1.18. The van der Waals surface area contributed by atoms with Crippen LogP contribution in [0.25, 0.3) is 0 Å². The molecule has 0 amide bonds. The highest BCUT2D eigenvalue weighted by Gasteiger charge is 2.30. The second kappa shape index (κ2) is 5.39. The van der Waals surface area contributed by atoms with E-state index in [0.717, 1.165) is 12.1 Å². The van der Waals surface area contributed by atoms with E-state index in [2.05, 4.69) is 0 Å². The first-order valence-electron chi connectivity index (χ1n) is 4.64. The number of thioether (sulfide) groups is 1. The van der Waals surface area contributed by atoms with Gasteiger partial charge >= 0.3 is 6.18 Å². The largest absolute Gasteiger partial charge is 0.416 e. The topological polar surface area (TPSA) is 17.1 Å². The maximum absolute atomic E-state index is 12.2. The van der Waals surface area contributed by atoms with Gasteiger partial charge in [0.15, 0.2) is 5.78 Å². The summed E-state index contributed by atoms with van der Waals surface area (Å²) in [6.07, 6.45) is -2.12. The monoisotopic (exact) mass is 248 g/mol. The number of hydrogen-bond donors (Lipinski definition) is 0. The maximum Gasteiger partial charge on any atom is 0.416 e. The molecule has 1 aromatic carbocycles. The molecule has 1 aromatic rings. The van der Waals surface area contributed by atoms with Crippen LogP contribution in [0.3, 0.4) is 0 Å². The summed E-state index contributed by atoms with van der Waals surface area (Å²) in [5, 5.41) is 0. The van der Waals surface area contributed by atoms with Gasteiger partial charge in [0.25, 0.3) is 0 Å². The van der Waals surface area contributed by atoms with Crippen molar-refractivity contribution >= 4 is 17.5 Å². The molecule has 0 aliphatic rings. The van der Waals surface area contributed by atoms with E-state index in [9.17, 15) is 18.0 Å². The lowest BCUT2D eigenvalue weighted by molar-refractivity contribution is -0.137. The minimum atomic E-state index is -4.35. The van der Waals surface area contributed by atoms with E-state index in [1.807, 2.05) is 6.26 Å². The number of alkyl halides is 3. The Hall–Kier alpha value is -0.970. The molecule has 88 valence electrons. The number of ketones is 1. The Morgan fingerprint density at radius 2 is 1.81 bits per heavy atom. The van der Waals surface area contributed by atoms with Crippen LogP contribution in [-0.4, -0.2) is 17.8 Å². The van der Waals surface area contributed by atoms with Crippen LogP contribution < -0.4 is 0 Å². The minimum Gasteiger partial charge on any atom is -0.294 e. The fourth-order valence-corrected chi connectivity index (χ4v) is 1.57. The second-order valence-corrected chi connectivity index (χ2v) is 4.23. The molecular formula is C11H11F3OS. The third-order valence-corrected chi connectivity index (χ3v) is 2.68. The molecule has 0 aromatic heterocycles. The predicted octanol–water partition coefficient (Wildman–Crippen LogP) is 3.64. The summed E-state index contributed by atoms with van der Waals surface area (Å²) in [5.41, 5.74) is -0.393. The van der Waals surface area contributed by atoms with Crippen molar-refractivity contribution in [3.63, 3.8) is 0 Å². The summed E-state index contributed by atoms with van der Waals surface area (Å²) in [6.45, 7) is 0. The van der Waals surface area contributed by atoms with Crippen LogP contribution in [0, 0.1) is 0 Å².